The Labute approximate surface area is 112 Å². The van der Waals surface area contributed by atoms with Crippen molar-refractivity contribution >= 4 is 13.3 Å². The molecule has 60 valence electrons. The molecule has 0 bridgehead atoms. The molecule has 0 aromatic rings. The van der Waals surface area contributed by atoms with Crippen molar-refractivity contribution in [2.75, 3.05) is 0 Å². The number of carboxylic acid groups (broad SMARTS) is 1. The molecule has 0 fully saturated rings. The molecule has 13 heavy (non-hydrogen) atoms. The number of hydrogen-bond acceptors (Lipinski definition) is 5. The zero-order valence-electron chi connectivity index (χ0n) is 8.18. The third-order valence-electron chi connectivity index (χ3n) is 0.357. The van der Waals surface area contributed by atoms with Gasteiger partial charge in [-0.1, -0.05) is 0 Å². The topological polar surface area (TPSA) is 127 Å². The Morgan fingerprint density at radius 2 is 1.31 bits per heavy atom. The molecule has 6 nitrogen and oxygen atoms in total. The van der Waals surface area contributed by atoms with Crippen molar-refractivity contribution in [2.24, 2.45) is 0 Å². The van der Waals surface area contributed by atoms with E-state index in [2.05, 4.69) is 0 Å². The van der Waals surface area contributed by atoms with Gasteiger partial charge < -0.3 is 25.3 Å². The summed E-state index contributed by atoms with van der Waals surface area (Å²) in [5, 5.41) is 41.0. The normalized spacial score (nSPS) is 8.38. The number of aliphatic hydroxyl groups is 1. The van der Waals surface area contributed by atoms with E-state index in [9.17, 15) is 4.79 Å². The molecule has 0 aromatic carbocycles. The fraction of sp³-hybridized carbons (Fsp3) is 0.667. The molecule has 0 amide bonds. The van der Waals surface area contributed by atoms with Crippen LogP contribution in [0.2, 0.25) is 0 Å². The molecule has 10 heteroatoms. The summed E-state index contributed by atoms with van der Waals surface area (Å²) >= 11 is 0. The number of rotatable bonds is 1. The first-order valence-electron chi connectivity index (χ1n) is 2.26. The van der Waals surface area contributed by atoms with Gasteiger partial charge in [0.15, 0.2) is 0 Å². The van der Waals surface area contributed by atoms with Gasteiger partial charge in [0, 0.05) is 0 Å². The fourth-order valence-corrected chi connectivity index (χ4v) is 0. The quantitative estimate of drug-likeness (QED) is 0.376. The van der Waals surface area contributed by atoms with Gasteiger partial charge in [-0.25, -0.2) is 4.79 Å². The van der Waals surface area contributed by atoms with Gasteiger partial charge in [-0.3, -0.25) is 7.32 Å². The molecule has 0 rings (SSSR count). The second-order valence-corrected chi connectivity index (χ2v) is 1.30. The molecule has 0 radical (unpaired) electrons. The van der Waals surface area contributed by atoms with Crippen LogP contribution >= 0.6 is 0 Å². The summed E-state index contributed by atoms with van der Waals surface area (Å²) in [5.41, 5.74) is 0. The Kier molecular flexibility index (Phi) is 42.4. The molecule has 0 aliphatic rings. The number of aliphatic hydroxyl groups excluding tert-OH is 1. The van der Waals surface area contributed by atoms with Gasteiger partial charge in [0.05, 0.1) is 0 Å². The summed E-state index contributed by atoms with van der Waals surface area (Å²) < 4.78 is 0. The summed E-state index contributed by atoms with van der Waals surface area (Å²) in [4.78, 5) is 9.45. The predicted molar refractivity (Wildman–Crippen MR) is 25.1 cm³/mol. The van der Waals surface area contributed by atoms with Crippen molar-refractivity contribution in [3.63, 3.8) is 0 Å². The van der Waals surface area contributed by atoms with Crippen LogP contribution in [0.5, 0.6) is 0 Å². The van der Waals surface area contributed by atoms with Gasteiger partial charge in [-0.2, -0.15) is 0 Å². The Hall–Kier alpha value is 1.17. The van der Waals surface area contributed by atoms with Gasteiger partial charge in [0.25, 0.3) is 0 Å². The van der Waals surface area contributed by atoms with Crippen molar-refractivity contribution in [2.45, 2.75) is 13.0 Å². The molecule has 0 spiro atoms. The van der Waals surface area contributed by atoms with Crippen molar-refractivity contribution in [3.8, 4) is 0 Å². The Morgan fingerprint density at radius 3 is 1.31 bits per heavy atom. The third-order valence-corrected chi connectivity index (χ3v) is 0.357. The van der Waals surface area contributed by atoms with E-state index in [1.807, 2.05) is 0 Å². The van der Waals surface area contributed by atoms with E-state index < -0.39 is 19.4 Å². The molecule has 2 N–H and O–H groups in total. The Bertz CT molecular complexity index is 98.4. The molecular weight excluding hydrogens is 164 g/mol. The molecule has 0 heterocycles. The van der Waals surface area contributed by atoms with Gasteiger partial charge in [-0.05, 0) is 6.92 Å². The average molecular weight is 170 g/mol. The van der Waals surface area contributed by atoms with Crippen LogP contribution in [0.25, 0.3) is 0 Å². The van der Waals surface area contributed by atoms with Crippen molar-refractivity contribution in [1.29, 1.82) is 0 Å². The fourth-order valence-electron chi connectivity index (χ4n) is 0. The maximum atomic E-state index is 9.45. The first-order valence-corrected chi connectivity index (χ1v) is 2.26. The summed E-state index contributed by atoms with van der Waals surface area (Å²) in [6.07, 6.45) is -1.23. The molecule has 0 aromatic heterocycles. The minimum absolute atomic E-state index is 0. The molecule has 1 atom stereocenters. The minimum Gasteiger partial charge on any atom is -0.907 e. The van der Waals surface area contributed by atoms with E-state index in [4.69, 9.17) is 25.3 Å². The van der Waals surface area contributed by atoms with Crippen LogP contribution in [0, 0.1) is 0 Å². The van der Waals surface area contributed by atoms with Crippen LogP contribution < -0.4 is 71.7 Å². The van der Waals surface area contributed by atoms with E-state index in [-0.39, 0.29) is 56.6 Å². The van der Waals surface area contributed by atoms with E-state index in [1.54, 1.807) is 0 Å². The average Bonchev–Trinajstić information content (AvgIpc) is 1.63. The summed E-state index contributed by atoms with van der Waals surface area (Å²) in [6.45, 7) is 1.20. The SMILES string of the molecule is CC(O)C(=O)O.[Li+].[Li+].[Li+].[O-]B([O-])[O-]. The predicted octanol–water partition coefficient (Wildman–Crippen LogP) is -13.5. The molecule has 0 aliphatic carbocycles. The van der Waals surface area contributed by atoms with Crippen LogP contribution in [0.4, 0.5) is 0 Å². The second kappa shape index (κ2) is 18.9. The molecule has 0 saturated carbocycles. The van der Waals surface area contributed by atoms with Crippen LogP contribution in [0.3, 0.4) is 0 Å². The summed E-state index contributed by atoms with van der Waals surface area (Å²) in [6, 6.07) is 0. The second-order valence-electron chi connectivity index (χ2n) is 1.30. The van der Waals surface area contributed by atoms with Gasteiger partial charge >= 0.3 is 62.6 Å². The standard InChI is InChI=1S/C3H6O3.BO3.3Li/c1-2(4)3(5)6;2-1(3)4;;;/h2,4H,1H3,(H,5,6);;;;/q;-3;3*+1. The van der Waals surface area contributed by atoms with Crippen molar-refractivity contribution in [3.05, 3.63) is 0 Å². The Morgan fingerprint density at radius 1 is 1.23 bits per heavy atom. The minimum atomic E-state index is -2.92. The van der Waals surface area contributed by atoms with E-state index >= 15 is 0 Å². The number of carboxylic acids is 1. The molecule has 0 saturated heterocycles. The van der Waals surface area contributed by atoms with Gasteiger partial charge in [0.1, 0.15) is 6.10 Å². The van der Waals surface area contributed by atoms with E-state index in [0.29, 0.717) is 0 Å². The van der Waals surface area contributed by atoms with Crippen LogP contribution in [0.15, 0.2) is 0 Å². The van der Waals surface area contributed by atoms with E-state index in [0.717, 1.165) is 0 Å². The monoisotopic (exact) mass is 170 g/mol. The van der Waals surface area contributed by atoms with Crippen molar-refractivity contribution in [1.82, 2.24) is 0 Å². The molecule has 1 unspecified atom stereocenters. The maximum absolute atomic E-state index is 9.45. The Balaban J connectivity index is -0.0000000279. The molecular formula is C3H6BLi3O6. The first-order chi connectivity index (χ1) is 4.37. The van der Waals surface area contributed by atoms with Gasteiger partial charge in [0.2, 0.25) is 0 Å². The maximum Gasteiger partial charge on any atom is 1.00 e. The largest absolute Gasteiger partial charge is 1.00 e. The summed E-state index contributed by atoms with van der Waals surface area (Å²) in [5.74, 6) is -1.19. The van der Waals surface area contributed by atoms with Crippen LogP contribution in [-0.4, -0.2) is 29.6 Å². The first kappa shape index (κ1) is 29.2. The number of aliphatic carboxylic acids is 1. The summed E-state index contributed by atoms with van der Waals surface area (Å²) in [7, 11) is -2.92. The number of carbonyl (C=O) groups is 1. The van der Waals surface area contributed by atoms with Gasteiger partial charge in [-0.15, -0.1) is 0 Å². The number of hydrogen-bond donors (Lipinski definition) is 2. The van der Waals surface area contributed by atoms with Crippen LogP contribution in [-0.2, 0) is 4.79 Å². The smallest absolute Gasteiger partial charge is 0.907 e. The van der Waals surface area contributed by atoms with Crippen LogP contribution in [0.1, 0.15) is 6.92 Å². The van der Waals surface area contributed by atoms with Crippen molar-refractivity contribution < 1.29 is 86.7 Å². The zero-order chi connectivity index (χ0) is 8.73. The molecule has 0 aliphatic heterocycles. The third kappa shape index (κ3) is 61.5. The zero-order valence-corrected chi connectivity index (χ0v) is 8.18. The van der Waals surface area contributed by atoms with E-state index in [1.165, 1.54) is 6.92 Å².